The molecule has 0 saturated carbocycles. The summed E-state index contributed by atoms with van der Waals surface area (Å²) in [5.74, 6) is -0.513. The Morgan fingerprint density at radius 3 is 2.27 bits per heavy atom. The zero-order valence-corrected chi connectivity index (χ0v) is 17.4. The van der Waals surface area contributed by atoms with Crippen LogP contribution in [0, 0.1) is 12.8 Å². The van der Waals surface area contributed by atoms with Crippen LogP contribution in [0.1, 0.15) is 19.4 Å². The summed E-state index contributed by atoms with van der Waals surface area (Å²) in [5, 5.41) is 5.87. The van der Waals surface area contributed by atoms with Gasteiger partial charge in [0.1, 0.15) is 6.04 Å². The van der Waals surface area contributed by atoms with Crippen LogP contribution in [0.2, 0.25) is 0 Å². The summed E-state index contributed by atoms with van der Waals surface area (Å²) in [6.45, 7) is 7.79. The number of benzene rings is 1. The van der Waals surface area contributed by atoms with Crippen molar-refractivity contribution in [3.63, 3.8) is 0 Å². The normalized spacial score (nSPS) is 12.5. The van der Waals surface area contributed by atoms with E-state index in [2.05, 4.69) is 15.4 Å². The number of ether oxygens (including phenoxy) is 1. The van der Waals surface area contributed by atoms with Gasteiger partial charge in [0.25, 0.3) is 0 Å². The largest absolute Gasteiger partial charge is 0.383 e. The Morgan fingerprint density at radius 1 is 1.12 bits per heavy atom. The van der Waals surface area contributed by atoms with Crippen molar-refractivity contribution >= 4 is 28.3 Å². The second-order valence-corrected chi connectivity index (χ2v) is 7.90. The molecule has 0 spiro atoms. The van der Waals surface area contributed by atoms with Gasteiger partial charge in [-0.25, -0.2) is 8.42 Å². The molecule has 150 valence electrons. The van der Waals surface area contributed by atoms with Crippen molar-refractivity contribution in [1.82, 2.24) is 15.4 Å². The Bertz CT molecular complexity index is 636. The molecule has 9 heteroatoms. The van der Waals surface area contributed by atoms with E-state index < -0.39 is 16.1 Å². The lowest BCUT2D eigenvalue weighted by Gasteiger charge is -2.21. The van der Waals surface area contributed by atoms with Gasteiger partial charge in [0, 0.05) is 26.7 Å². The number of methoxy groups -OCH3 is 1. The van der Waals surface area contributed by atoms with E-state index in [1.807, 2.05) is 6.92 Å². The molecule has 1 atom stereocenters. The van der Waals surface area contributed by atoms with Crippen LogP contribution in [-0.4, -0.2) is 53.7 Å². The lowest BCUT2D eigenvalue weighted by atomic mass is 10.1. The monoisotopic (exact) mass is 407 g/mol. The zero-order valence-electron chi connectivity index (χ0n) is 15.7. The van der Waals surface area contributed by atoms with Gasteiger partial charge in [0.15, 0.2) is 0 Å². The second-order valence-electron chi connectivity index (χ2n) is 6.19. The fraction of sp³-hybridized carbons (Fsp3) is 0.588. The highest BCUT2D eigenvalue weighted by molar-refractivity contribution is 7.89. The molecule has 0 aliphatic carbocycles. The molecule has 1 unspecified atom stereocenters. The summed E-state index contributed by atoms with van der Waals surface area (Å²) in [6, 6.07) is 5.69. The summed E-state index contributed by atoms with van der Waals surface area (Å²) in [7, 11) is -2.13. The van der Waals surface area contributed by atoms with E-state index in [9.17, 15) is 13.2 Å². The number of hydrogen-bond donors (Lipinski definition) is 3. The molecule has 0 aromatic heterocycles. The number of hydrogen-bond acceptors (Lipinski definition) is 5. The van der Waals surface area contributed by atoms with E-state index in [4.69, 9.17) is 4.74 Å². The minimum absolute atomic E-state index is 0. The molecular weight excluding hydrogens is 378 g/mol. The first-order valence-corrected chi connectivity index (χ1v) is 9.82. The highest BCUT2D eigenvalue weighted by atomic mass is 35.5. The SMILES string of the molecule is COCCNCCNC(=O)C(NS(=O)(=O)c1ccc(C)cc1)C(C)C.Cl. The standard InChI is InChI=1S/C17H29N3O4S.ClH/c1-13(2)16(17(21)19-10-9-18-11-12-24-4)20-25(22,23)15-7-5-14(3)6-8-15;/h5-8,13,16,18,20H,9-12H2,1-4H3,(H,19,21);1H. The van der Waals surface area contributed by atoms with Crippen molar-refractivity contribution in [3.05, 3.63) is 29.8 Å². The summed E-state index contributed by atoms with van der Waals surface area (Å²) < 4.78 is 32.4. The highest BCUT2D eigenvalue weighted by Gasteiger charge is 2.28. The van der Waals surface area contributed by atoms with E-state index in [-0.39, 0.29) is 29.1 Å². The van der Waals surface area contributed by atoms with Crippen LogP contribution in [0.4, 0.5) is 0 Å². The Balaban J connectivity index is 0.00000625. The summed E-state index contributed by atoms with van der Waals surface area (Å²) in [4.78, 5) is 12.5. The van der Waals surface area contributed by atoms with E-state index >= 15 is 0 Å². The fourth-order valence-electron chi connectivity index (χ4n) is 2.13. The highest BCUT2D eigenvalue weighted by Crippen LogP contribution is 2.13. The molecule has 1 aromatic rings. The van der Waals surface area contributed by atoms with Crippen molar-refractivity contribution in [2.75, 3.05) is 33.4 Å². The molecule has 7 nitrogen and oxygen atoms in total. The Labute approximate surface area is 162 Å². The maximum atomic E-state index is 12.5. The van der Waals surface area contributed by atoms with E-state index in [0.29, 0.717) is 26.2 Å². The predicted octanol–water partition coefficient (Wildman–Crippen LogP) is 1.07. The summed E-state index contributed by atoms with van der Waals surface area (Å²) in [6.07, 6.45) is 0. The first-order valence-electron chi connectivity index (χ1n) is 8.34. The van der Waals surface area contributed by atoms with Crippen LogP contribution in [0.25, 0.3) is 0 Å². The van der Waals surface area contributed by atoms with Gasteiger partial charge < -0.3 is 15.4 Å². The third kappa shape index (κ3) is 8.46. The fourth-order valence-corrected chi connectivity index (χ4v) is 3.47. The molecule has 26 heavy (non-hydrogen) atoms. The van der Waals surface area contributed by atoms with Gasteiger partial charge in [-0.15, -0.1) is 12.4 Å². The number of aryl methyl sites for hydroxylation is 1. The Morgan fingerprint density at radius 2 is 1.73 bits per heavy atom. The van der Waals surface area contributed by atoms with Crippen LogP contribution in [-0.2, 0) is 19.6 Å². The number of nitrogens with one attached hydrogen (secondary N) is 3. The summed E-state index contributed by atoms with van der Waals surface area (Å²) in [5.41, 5.74) is 0.970. The summed E-state index contributed by atoms with van der Waals surface area (Å²) >= 11 is 0. The Hall–Kier alpha value is -1.19. The van der Waals surface area contributed by atoms with E-state index in [0.717, 1.165) is 5.56 Å². The Kier molecular flexibility index (Phi) is 11.7. The predicted molar refractivity (Wildman–Crippen MR) is 105 cm³/mol. The molecule has 1 amide bonds. The van der Waals surface area contributed by atoms with Gasteiger partial charge in [-0.2, -0.15) is 4.72 Å². The average Bonchev–Trinajstić information content (AvgIpc) is 2.56. The maximum Gasteiger partial charge on any atom is 0.241 e. The number of amides is 1. The van der Waals surface area contributed by atoms with Crippen molar-refractivity contribution < 1.29 is 17.9 Å². The topological polar surface area (TPSA) is 96.5 Å². The molecule has 0 bridgehead atoms. The van der Waals surface area contributed by atoms with E-state index in [1.54, 1.807) is 33.1 Å². The third-order valence-corrected chi connectivity index (χ3v) is 5.10. The number of halogens is 1. The molecular formula is C17H30ClN3O4S. The smallest absolute Gasteiger partial charge is 0.241 e. The van der Waals surface area contributed by atoms with Crippen molar-refractivity contribution in [2.45, 2.75) is 31.7 Å². The van der Waals surface area contributed by atoms with Crippen molar-refractivity contribution in [2.24, 2.45) is 5.92 Å². The zero-order chi connectivity index (χ0) is 18.9. The molecule has 3 N–H and O–H groups in total. The van der Waals surface area contributed by atoms with Crippen LogP contribution < -0.4 is 15.4 Å². The van der Waals surface area contributed by atoms with Crippen LogP contribution in [0.15, 0.2) is 29.2 Å². The van der Waals surface area contributed by atoms with Crippen molar-refractivity contribution in [1.29, 1.82) is 0 Å². The molecule has 0 aliphatic rings. The van der Waals surface area contributed by atoms with Crippen LogP contribution in [0.5, 0.6) is 0 Å². The average molecular weight is 408 g/mol. The number of sulfonamides is 1. The maximum absolute atomic E-state index is 12.5. The lowest BCUT2D eigenvalue weighted by Crippen LogP contribution is -2.50. The van der Waals surface area contributed by atoms with Gasteiger partial charge in [-0.1, -0.05) is 31.5 Å². The molecule has 0 saturated heterocycles. The van der Waals surface area contributed by atoms with Gasteiger partial charge in [0.05, 0.1) is 11.5 Å². The quantitative estimate of drug-likeness (QED) is 0.477. The second kappa shape index (κ2) is 12.2. The van der Waals surface area contributed by atoms with Crippen LogP contribution >= 0.6 is 12.4 Å². The molecule has 1 rings (SSSR count). The van der Waals surface area contributed by atoms with Gasteiger partial charge in [-0.3, -0.25) is 4.79 Å². The molecule has 1 aromatic carbocycles. The van der Waals surface area contributed by atoms with Gasteiger partial charge in [-0.05, 0) is 25.0 Å². The number of carbonyl (C=O) groups is 1. The van der Waals surface area contributed by atoms with Crippen LogP contribution in [0.3, 0.4) is 0 Å². The third-order valence-electron chi connectivity index (χ3n) is 3.65. The van der Waals surface area contributed by atoms with E-state index in [1.165, 1.54) is 12.1 Å². The first kappa shape index (κ1) is 24.8. The molecule has 0 aliphatic heterocycles. The van der Waals surface area contributed by atoms with Gasteiger partial charge >= 0.3 is 0 Å². The number of carbonyl (C=O) groups excluding carboxylic acids is 1. The lowest BCUT2D eigenvalue weighted by molar-refractivity contribution is -0.123. The molecule has 0 fully saturated rings. The minimum atomic E-state index is -3.75. The minimum Gasteiger partial charge on any atom is -0.383 e. The van der Waals surface area contributed by atoms with Gasteiger partial charge in [0.2, 0.25) is 15.9 Å². The molecule has 0 heterocycles. The molecule has 0 radical (unpaired) electrons. The number of rotatable bonds is 11. The van der Waals surface area contributed by atoms with Crippen molar-refractivity contribution in [3.8, 4) is 0 Å². The first-order chi connectivity index (χ1) is 11.8.